The van der Waals surface area contributed by atoms with Crippen molar-refractivity contribution in [1.29, 1.82) is 5.26 Å². The first-order valence-corrected chi connectivity index (χ1v) is 7.94. The largest absolute Gasteiger partial charge is 0.346 e. The van der Waals surface area contributed by atoms with Gasteiger partial charge in [0.05, 0.1) is 5.69 Å². The minimum Gasteiger partial charge on any atom is -0.267 e. The van der Waals surface area contributed by atoms with Gasteiger partial charge < -0.3 is 0 Å². The Hall–Kier alpha value is -1.75. The molecule has 0 aliphatic heterocycles. The summed E-state index contributed by atoms with van der Waals surface area (Å²) >= 11 is 10.5. The number of hydrogen-bond donors (Lipinski definition) is 0. The van der Waals surface area contributed by atoms with Crippen molar-refractivity contribution in [2.24, 2.45) is 0 Å². The van der Waals surface area contributed by atoms with Crippen molar-refractivity contribution in [3.63, 3.8) is 0 Å². The van der Waals surface area contributed by atoms with Crippen LogP contribution in [0, 0.1) is 11.3 Å². The summed E-state index contributed by atoms with van der Waals surface area (Å²) in [4.78, 5) is 24.6. The van der Waals surface area contributed by atoms with Gasteiger partial charge in [0.1, 0.15) is 11.6 Å². The molecule has 2 aromatic rings. The molecule has 1 aromatic carbocycles. The number of hydrogen-bond acceptors (Lipinski definition) is 4. The molecule has 0 N–H and O–H groups in total. The Morgan fingerprint density at radius 1 is 1.35 bits per heavy atom. The fourth-order valence-electron chi connectivity index (χ4n) is 2.01. The highest BCUT2D eigenvalue weighted by atomic mass is 35.5. The predicted octanol–water partition coefficient (Wildman–Crippen LogP) is 2.99. The Morgan fingerprint density at radius 2 is 2.00 bits per heavy atom. The van der Waals surface area contributed by atoms with E-state index < -0.39 is 15.2 Å². The first kappa shape index (κ1) is 17.6. The average Bonchev–Trinajstić information content (AvgIpc) is 2.51. The number of alkyl halides is 3. The van der Waals surface area contributed by atoms with E-state index in [0.717, 1.165) is 16.3 Å². The molecule has 0 fully saturated rings. The monoisotopic (exact) mass is 373 g/mol. The number of halogens is 3. The van der Waals surface area contributed by atoms with Gasteiger partial charge in [-0.3, -0.25) is 9.36 Å². The summed E-state index contributed by atoms with van der Waals surface area (Å²) in [5.41, 5.74) is -0.865. The molecular formula is C14H10Cl2FN3O2S. The highest BCUT2D eigenvalue weighted by Gasteiger charge is 2.28. The maximum absolute atomic E-state index is 13.5. The Labute approximate surface area is 145 Å². The molecule has 0 bridgehead atoms. The highest BCUT2D eigenvalue weighted by Crippen LogP contribution is 2.35. The second-order valence-electron chi connectivity index (χ2n) is 4.43. The minimum atomic E-state index is -2.89. The Bertz CT molecular complexity index is 897. The lowest BCUT2D eigenvalue weighted by molar-refractivity contribution is 0.513. The number of benzene rings is 1. The van der Waals surface area contributed by atoms with Gasteiger partial charge in [0.15, 0.2) is 0 Å². The summed E-state index contributed by atoms with van der Waals surface area (Å²) in [5.74, 6) is 0. The number of aryl methyl sites for hydroxylation is 1. The quantitative estimate of drug-likeness (QED) is 0.772. The van der Waals surface area contributed by atoms with Gasteiger partial charge in [-0.15, -0.1) is 0 Å². The summed E-state index contributed by atoms with van der Waals surface area (Å²) in [6.45, 7) is 1.89. The normalized spacial score (nSPS) is 11.3. The molecule has 0 saturated heterocycles. The van der Waals surface area contributed by atoms with Crippen LogP contribution in [0.2, 0.25) is 0 Å². The number of aromatic nitrogens is 2. The average molecular weight is 374 g/mol. The predicted molar refractivity (Wildman–Crippen MR) is 88.9 cm³/mol. The molecule has 5 nitrogen and oxygen atoms in total. The Balaban J connectivity index is 2.81. The number of nitrogens with zero attached hydrogens (tertiary/aromatic N) is 3. The van der Waals surface area contributed by atoms with Crippen LogP contribution in [0.1, 0.15) is 18.1 Å². The smallest absolute Gasteiger partial charge is 0.267 e. The summed E-state index contributed by atoms with van der Waals surface area (Å²) in [5, 5.41) is 9.08. The maximum Gasteiger partial charge on any atom is 0.346 e. The van der Waals surface area contributed by atoms with Crippen LogP contribution in [0.4, 0.5) is 4.39 Å². The lowest BCUT2D eigenvalue weighted by Crippen LogP contribution is -2.38. The first-order chi connectivity index (χ1) is 10.8. The second-order valence-corrected chi connectivity index (χ2v) is 7.22. The van der Waals surface area contributed by atoms with Crippen molar-refractivity contribution in [3.8, 4) is 11.8 Å². The van der Waals surface area contributed by atoms with Gasteiger partial charge in [0.2, 0.25) is 0 Å². The molecule has 0 aliphatic carbocycles. The van der Waals surface area contributed by atoms with Crippen LogP contribution in [0.5, 0.6) is 0 Å². The lowest BCUT2D eigenvalue weighted by Gasteiger charge is -2.14. The lowest BCUT2D eigenvalue weighted by atomic mass is 10.1. The zero-order chi connectivity index (χ0) is 17.2. The van der Waals surface area contributed by atoms with Crippen molar-refractivity contribution < 1.29 is 4.39 Å². The first-order valence-electron chi connectivity index (χ1n) is 6.41. The van der Waals surface area contributed by atoms with E-state index in [0.29, 0.717) is 16.1 Å². The van der Waals surface area contributed by atoms with Crippen LogP contribution in [0.15, 0.2) is 40.1 Å². The van der Waals surface area contributed by atoms with E-state index in [4.69, 9.17) is 28.5 Å². The van der Waals surface area contributed by atoms with E-state index in [2.05, 4.69) is 0 Å². The van der Waals surface area contributed by atoms with Crippen molar-refractivity contribution in [3.05, 3.63) is 62.4 Å². The summed E-state index contributed by atoms with van der Waals surface area (Å²) in [6, 6.07) is 8.65. The molecule has 0 amide bonds. The van der Waals surface area contributed by atoms with Crippen molar-refractivity contribution in [2.75, 3.05) is 0 Å². The third-order valence-corrected chi connectivity index (χ3v) is 4.13. The summed E-state index contributed by atoms with van der Waals surface area (Å²) in [6.07, 6.45) is 1.74. The van der Waals surface area contributed by atoms with Crippen LogP contribution in [-0.4, -0.2) is 12.5 Å². The van der Waals surface area contributed by atoms with Crippen LogP contribution in [0.3, 0.4) is 0 Å². The number of nitriles is 1. The van der Waals surface area contributed by atoms with Gasteiger partial charge in [0, 0.05) is 18.1 Å². The molecule has 0 unspecified atom stereocenters. The molecule has 0 aliphatic rings. The van der Waals surface area contributed by atoms with Gasteiger partial charge in [-0.05, 0) is 18.1 Å². The minimum absolute atomic E-state index is 0.0103. The standard InChI is InChI=1S/C14H10Cl2FN3O2S/c1-2-9-5-3-4-6-11(9)19-8-10(7-18)12(21)20(13(19)22)23-14(15,16)17/h3-6,8H,2H2,1H3. The van der Waals surface area contributed by atoms with Crippen LogP contribution in [0.25, 0.3) is 5.69 Å². The molecule has 9 heteroatoms. The van der Waals surface area contributed by atoms with Gasteiger partial charge >= 0.3 is 9.61 Å². The van der Waals surface area contributed by atoms with Crippen LogP contribution >= 0.6 is 35.1 Å². The molecule has 0 atom stereocenters. The number of para-hydroxylation sites is 1. The topological polar surface area (TPSA) is 67.8 Å². The van der Waals surface area contributed by atoms with Gasteiger partial charge in [-0.2, -0.15) is 13.6 Å². The fraction of sp³-hybridized carbons (Fsp3) is 0.214. The Morgan fingerprint density at radius 3 is 2.57 bits per heavy atom. The van der Waals surface area contributed by atoms with E-state index in [1.807, 2.05) is 6.92 Å². The molecule has 2 rings (SSSR count). The Kier molecular flexibility index (Phi) is 5.19. The maximum atomic E-state index is 13.5. The van der Waals surface area contributed by atoms with E-state index in [-0.39, 0.29) is 17.5 Å². The SMILES string of the molecule is CCc1ccccc1-n1cc(C#N)c(=O)n(SC(F)(Cl)Cl)c1=O. The summed E-state index contributed by atoms with van der Waals surface area (Å²) in [7, 11) is 0. The molecule has 0 spiro atoms. The molecule has 1 aromatic heterocycles. The molecule has 120 valence electrons. The highest BCUT2D eigenvalue weighted by molar-refractivity contribution is 8.01. The van der Waals surface area contributed by atoms with Gasteiger partial charge in [-0.1, -0.05) is 48.3 Å². The number of rotatable bonds is 4. The third-order valence-electron chi connectivity index (χ3n) is 3.00. The van der Waals surface area contributed by atoms with Gasteiger partial charge in [-0.25, -0.2) is 4.79 Å². The molecule has 0 radical (unpaired) electrons. The second kappa shape index (κ2) is 6.79. The fourth-order valence-corrected chi connectivity index (χ4v) is 2.98. The zero-order valence-electron chi connectivity index (χ0n) is 11.8. The third kappa shape index (κ3) is 3.78. The summed E-state index contributed by atoms with van der Waals surface area (Å²) < 4.78 is 12.1. The molecular weight excluding hydrogens is 364 g/mol. The van der Waals surface area contributed by atoms with Crippen molar-refractivity contribution in [2.45, 2.75) is 17.3 Å². The van der Waals surface area contributed by atoms with E-state index >= 15 is 0 Å². The molecule has 0 saturated carbocycles. The van der Waals surface area contributed by atoms with Crippen LogP contribution < -0.4 is 11.2 Å². The zero-order valence-corrected chi connectivity index (χ0v) is 14.1. The van der Waals surface area contributed by atoms with E-state index in [9.17, 15) is 14.0 Å². The van der Waals surface area contributed by atoms with Crippen LogP contribution in [-0.2, 0) is 6.42 Å². The molecule has 1 heterocycles. The van der Waals surface area contributed by atoms with E-state index in [1.165, 1.54) is 0 Å². The molecule has 23 heavy (non-hydrogen) atoms. The van der Waals surface area contributed by atoms with Gasteiger partial charge in [0.25, 0.3) is 5.56 Å². The van der Waals surface area contributed by atoms with Crippen molar-refractivity contribution in [1.82, 2.24) is 8.54 Å². The van der Waals surface area contributed by atoms with Crippen molar-refractivity contribution >= 4 is 35.1 Å². The van der Waals surface area contributed by atoms with E-state index in [1.54, 1.807) is 30.3 Å².